The number of pyridine rings is 1. The van der Waals surface area contributed by atoms with Crippen molar-refractivity contribution in [3.63, 3.8) is 0 Å². The molecule has 6 rings (SSSR count). The molecule has 2 aromatic carbocycles. The number of ketones is 1. The van der Waals surface area contributed by atoms with Crippen molar-refractivity contribution in [2.45, 2.75) is 58.7 Å². The zero-order valence-electron chi connectivity index (χ0n) is 26.0. The number of aromatic nitrogens is 3. The van der Waals surface area contributed by atoms with E-state index in [-0.39, 0.29) is 36.4 Å². The Morgan fingerprint density at radius 3 is 2.71 bits per heavy atom. The number of aliphatic hydroxyl groups excluding tert-OH is 1. The van der Waals surface area contributed by atoms with Gasteiger partial charge in [0, 0.05) is 56.9 Å². The highest BCUT2D eigenvalue weighted by atomic mass is 16.5. The monoisotopic (exact) mass is 612 g/mol. The molecule has 2 aliphatic heterocycles. The van der Waals surface area contributed by atoms with Gasteiger partial charge in [-0.05, 0) is 69.0 Å². The second kappa shape index (κ2) is 12.9. The summed E-state index contributed by atoms with van der Waals surface area (Å²) in [6, 6.07) is 11.6. The number of nitrogens with one attached hydrogen (secondary N) is 3. The lowest BCUT2D eigenvalue weighted by atomic mass is 10.0. The minimum Gasteiger partial charge on any atom is -0.491 e. The third-order valence-corrected chi connectivity index (χ3v) is 8.80. The van der Waals surface area contributed by atoms with E-state index in [2.05, 4.69) is 20.2 Å². The van der Waals surface area contributed by atoms with Crippen molar-refractivity contribution in [2.75, 3.05) is 38.1 Å². The van der Waals surface area contributed by atoms with E-state index in [1.165, 1.54) is 0 Å². The summed E-state index contributed by atoms with van der Waals surface area (Å²) in [4.78, 5) is 52.8. The number of likely N-dealkylation sites (tertiary alicyclic amines) is 1. The summed E-state index contributed by atoms with van der Waals surface area (Å²) < 4.78 is 5.82. The van der Waals surface area contributed by atoms with Gasteiger partial charge in [0.15, 0.2) is 0 Å². The number of H-pyrrole nitrogens is 2. The third kappa shape index (κ3) is 6.64. The topological polar surface area (TPSA) is 144 Å². The number of imidazole rings is 1. The van der Waals surface area contributed by atoms with Crippen LogP contribution in [0.2, 0.25) is 0 Å². The first-order chi connectivity index (χ1) is 21.7. The number of aromatic amines is 2. The van der Waals surface area contributed by atoms with Crippen LogP contribution in [0.25, 0.3) is 22.4 Å². The molecular weight excluding hydrogens is 572 g/mol. The Kier molecular flexibility index (Phi) is 8.73. The number of ether oxygens (including phenoxy) is 1. The SMILES string of the molecule is CC(=O)CCN1CCC(N2Cc3cc4[nH]c(-c5c(NC[C@@H](O)COc6ccc(C)cc6C)cc[nH]c5=O)nc4cc3C2=O)CC1. The first-order valence-corrected chi connectivity index (χ1v) is 15.6. The van der Waals surface area contributed by atoms with Crippen LogP contribution in [0.5, 0.6) is 5.75 Å². The zero-order valence-corrected chi connectivity index (χ0v) is 26.0. The number of amides is 1. The standard InChI is InChI=1S/C34H40N6O5/c1-20-4-5-30(21(2)14-20)45-19-25(42)17-36-27-6-10-35-33(43)31(27)32-37-28-15-23-18-40(34(44)26(23)16-29(28)38-32)24-8-12-39(13-9-24)11-7-22(3)41/h4-6,10,14-16,24-25,42H,7-9,11-13,17-19H2,1-3H3,(H,37,38)(H2,35,36,43)/t25-/m1/s1. The first-order valence-electron chi connectivity index (χ1n) is 15.6. The summed E-state index contributed by atoms with van der Waals surface area (Å²) in [5, 5.41) is 13.8. The van der Waals surface area contributed by atoms with Crippen LogP contribution in [0.1, 0.15) is 53.2 Å². The van der Waals surface area contributed by atoms with Crippen LogP contribution < -0.4 is 15.6 Å². The molecule has 4 N–H and O–H groups in total. The minimum absolute atomic E-state index is 0.00980. The van der Waals surface area contributed by atoms with Gasteiger partial charge in [0.25, 0.3) is 11.5 Å². The maximum Gasteiger partial charge on any atom is 0.261 e. The van der Waals surface area contributed by atoms with Crippen LogP contribution >= 0.6 is 0 Å². The van der Waals surface area contributed by atoms with E-state index in [1.54, 1.807) is 19.2 Å². The van der Waals surface area contributed by atoms with Crippen molar-refractivity contribution < 1.29 is 19.4 Å². The summed E-state index contributed by atoms with van der Waals surface area (Å²) in [6.45, 7) is 8.93. The van der Waals surface area contributed by atoms with Crippen LogP contribution in [0, 0.1) is 13.8 Å². The number of carbonyl (C=O) groups is 2. The average molecular weight is 613 g/mol. The fourth-order valence-corrected chi connectivity index (χ4v) is 6.32. The number of aliphatic hydroxyl groups is 1. The molecule has 2 aliphatic rings. The molecule has 11 nitrogen and oxygen atoms in total. The Hall–Kier alpha value is -4.48. The molecule has 0 spiro atoms. The second-order valence-electron chi connectivity index (χ2n) is 12.3. The third-order valence-electron chi connectivity index (χ3n) is 8.80. The number of piperidine rings is 1. The first kappa shape index (κ1) is 30.5. The number of rotatable bonds is 11. The lowest BCUT2D eigenvalue weighted by Gasteiger charge is -2.36. The molecule has 1 saturated heterocycles. The molecule has 1 amide bonds. The fourth-order valence-electron chi connectivity index (χ4n) is 6.32. The molecule has 4 aromatic rings. The predicted molar refractivity (Wildman–Crippen MR) is 173 cm³/mol. The number of hydrogen-bond acceptors (Lipinski definition) is 8. The number of anilines is 1. The molecule has 1 atom stereocenters. The molecule has 0 bridgehead atoms. The molecule has 0 unspecified atom stereocenters. The Labute approximate surface area is 261 Å². The number of fused-ring (bicyclic) bond motifs is 2. The van der Waals surface area contributed by atoms with Gasteiger partial charge in [-0.25, -0.2) is 4.98 Å². The molecule has 0 radical (unpaired) electrons. The van der Waals surface area contributed by atoms with E-state index in [9.17, 15) is 19.5 Å². The second-order valence-corrected chi connectivity index (χ2v) is 12.3. The van der Waals surface area contributed by atoms with Crippen molar-refractivity contribution >= 4 is 28.4 Å². The molecule has 0 saturated carbocycles. The number of nitrogens with zero attached hydrogens (tertiary/aromatic N) is 3. The van der Waals surface area contributed by atoms with Crippen LogP contribution in [-0.4, -0.2) is 86.5 Å². The van der Waals surface area contributed by atoms with E-state index < -0.39 is 6.10 Å². The smallest absolute Gasteiger partial charge is 0.261 e. The number of aryl methyl sites for hydroxylation is 2. The Balaban J connectivity index is 1.13. The van der Waals surface area contributed by atoms with Gasteiger partial charge >= 0.3 is 0 Å². The van der Waals surface area contributed by atoms with Crippen molar-refractivity contribution in [3.8, 4) is 17.1 Å². The molecule has 4 heterocycles. The van der Waals surface area contributed by atoms with Crippen molar-refractivity contribution in [3.05, 3.63) is 75.2 Å². The van der Waals surface area contributed by atoms with Gasteiger partial charge in [0.2, 0.25) is 0 Å². The maximum atomic E-state index is 13.5. The Morgan fingerprint density at radius 2 is 1.96 bits per heavy atom. The molecule has 45 heavy (non-hydrogen) atoms. The molecule has 2 aromatic heterocycles. The molecular formula is C34H40N6O5. The lowest BCUT2D eigenvalue weighted by molar-refractivity contribution is -0.117. The zero-order chi connectivity index (χ0) is 31.7. The van der Waals surface area contributed by atoms with Gasteiger partial charge < -0.3 is 34.9 Å². The predicted octanol–water partition coefficient (Wildman–Crippen LogP) is 3.79. The van der Waals surface area contributed by atoms with Gasteiger partial charge in [-0.2, -0.15) is 0 Å². The highest BCUT2D eigenvalue weighted by Gasteiger charge is 2.35. The van der Waals surface area contributed by atoms with E-state index in [0.717, 1.165) is 60.4 Å². The number of carbonyl (C=O) groups excluding carboxylic acids is 2. The van der Waals surface area contributed by atoms with Gasteiger partial charge in [-0.15, -0.1) is 0 Å². The molecule has 0 aliphatic carbocycles. The van der Waals surface area contributed by atoms with Crippen molar-refractivity contribution in [2.24, 2.45) is 0 Å². The number of Topliss-reactive ketones (excluding diaryl/α,β-unsaturated/α-hetero) is 1. The maximum absolute atomic E-state index is 13.5. The van der Waals surface area contributed by atoms with Crippen molar-refractivity contribution in [1.29, 1.82) is 0 Å². The summed E-state index contributed by atoms with van der Waals surface area (Å²) in [5.74, 6) is 1.31. The highest BCUT2D eigenvalue weighted by Crippen LogP contribution is 2.33. The van der Waals surface area contributed by atoms with Gasteiger partial charge in [-0.1, -0.05) is 17.7 Å². The summed E-state index contributed by atoms with van der Waals surface area (Å²) in [6.07, 6.45) is 3.06. The summed E-state index contributed by atoms with van der Waals surface area (Å²) in [7, 11) is 0. The van der Waals surface area contributed by atoms with E-state index in [4.69, 9.17) is 9.72 Å². The van der Waals surface area contributed by atoms with Gasteiger partial charge in [-0.3, -0.25) is 14.4 Å². The Bertz CT molecular complexity index is 1790. The Morgan fingerprint density at radius 1 is 1.16 bits per heavy atom. The van der Waals surface area contributed by atoms with E-state index in [1.807, 2.05) is 49.1 Å². The van der Waals surface area contributed by atoms with E-state index >= 15 is 0 Å². The summed E-state index contributed by atoms with van der Waals surface area (Å²) in [5.41, 5.74) is 5.59. The van der Waals surface area contributed by atoms with Crippen LogP contribution in [0.4, 0.5) is 5.69 Å². The van der Waals surface area contributed by atoms with Crippen LogP contribution in [0.3, 0.4) is 0 Å². The normalized spacial score (nSPS) is 16.3. The number of benzene rings is 2. The van der Waals surface area contributed by atoms with Crippen LogP contribution in [-0.2, 0) is 11.3 Å². The van der Waals surface area contributed by atoms with Gasteiger partial charge in [0.05, 0.1) is 16.7 Å². The van der Waals surface area contributed by atoms with Crippen molar-refractivity contribution in [1.82, 2.24) is 24.8 Å². The minimum atomic E-state index is -0.821. The van der Waals surface area contributed by atoms with Crippen LogP contribution in [0.15, 0.2) is 47.4 Å². The fraction of sp³-hybridized carbons (Fsp3) is 0.412. The summed E-state index contributed by atoms with van der Waals surface area (Å²) >= 11 is 0. The quantitative estimate of drug-likeness (QED) is 0.200. The highest BCUT2D eigenvalue weighted by molar-refractivity contribution is 6.02. The van der Waals surface area contributed by atoms with Gasteiger partial charge in [0.1, 0.15) is 35.6 Å². The molecule has 11 heteroatoms. The largest absolute Gasteiger partial charge is 0.491 e. The molecule has 1 fully saturated rings. The lowest BCUT2D eigenvalue weighted by Crippen LogP contribution is -2.45. The van der Waals surface area contributed by atoms with E-state index in [0.29, 0.717) is 41.1 Å². The molecule has 236 valence electrons. The number of hydrogen-bond donors (Lipinski definition) is 4. The average Bonchev–Trinajstić information content (AvgIpc) is 3.57.